The number of amides is 2. The van der Waals surface area contributed by atoms with Crippen LogP contribution in [0.3, 0.4) is 0 Å². The largest absolute Gasteiger partial charge is 0.351 e. The summed E-state index contributed by atoms with van der Waals surface area (Å²) in [6.07, 6.45) is 0.652. The predicted molar refractivity (Wildman–Crippen MR) is 123 cm³/mol. The van der Waals surface area contributed by atoms with Gasteiger partial charge in [-0.05, 0) is 24.1 Å². The van der Waals surface area contributed by atoms with Crippen molar-refractivity contribution < 1.29 is 9.59 Å². The smallest absolute Gasteiger partial charge is 0.264 e. The van der Waals surface area contributed by atoms with Crippen molar-refractivity contribution in [2.75, 3.05) is 6.54 Å². The zero-order chi connectivity index (χ0) is 22.3. The molecule has 32 heavy (non-hydrogen) atoms. The van der Waals surface area contributed by atoms with Gasteiger partial charge in [-0.3, -0.25) is 9.59 Å². The standard InChI is InChI=1S/C26H20N4O2/c27-17-22(26(32)28-16-15-18-9-3-1-4-10-18)23-20-13-7-8-14-21(20)24(29-23)30-25(31)19-11-5-2-6-12-19/h1-14H,15-16H2,(H,28,32)(H,29,30,31)/b23-22-. The highest BCUT2D eigenvalue weighted by Gasteiger charge is 2.27. The molecule has 0 aliphatic carbocycles. The van der Waals surface area contributed by atoms with Crippen LogP contribution in [0.2, 0.25) is 0 Å². The first-order valence-electron chi connectivity index (χ1n) is 10.2. The molecule has 6 nitrogen and oxygen atoms in total. The van der Waals surface area contributed by atoms with Crippen LogP contribution in [0.25, 0.3) is 5.70 Å². The quantitative estimate of drug-likeness (QED) is 0.489. The van der Waals surface area contributed by atoms with E-state index in [0.29, 0.717) is 35.5 Å². The average Bonchev–Trinajstić information content (AvgIpc) is 3.19. The van der Waals surface area contributed by atoms with E-state index in [9.17, 15) is 14.9 Å². The molecule has 4 rings (SSSR count). The fourth-order valence-electron chi connectivity index (χ4n) is 3.45. The Hall–Kier alpha value is -4.50. The molecule has 156 valence electrons. The van der Waals surface area contributed by atoms with E-state index in [0.717, 1.165) is 5.56 Å². The number of fused-ring (bicyclic) bond motifs is 1. The van der Waals surface area contributed by atoms with E-state index in [-0.39, 0.29) is 17.2 Å². The Morgan fingerprint density at radius 3 is 2.16 bits per heavy atom. The van der Waals surface area contributed by atoms with Crippen LogP contribution in [-0.4, -0.2) is 24.2 Å². The number of carbonyl (C=O) groups excluding carboxylic acids is 2. The Labute approximate surface area is 185 Å². The summed E-state index contributed by atoms with van der Waals surface area (Å²) in [7, 11) is 0. The van der Waals surface area contributed by atoms with Gasteiger partial charge in [0.15, 0.2) is 0 Å². The minimum absolute atomic E-state index is 0.0885. The van der Waals surface area contributed by atoms with E-state index in [2.05, 4.69) is 15.6 Å². The maximum absolute atomic E-state index is 12.8. The molecule has 0 atom stereocenters. The number of aliphatic imine (C=N–C) groups is 1. The van der Waals surface area contributed by atoms with Gasteiger partial charge in [0.1, 0.15) is 17.5 Å². The van der Waals surface area contributed by atoms with E-state index in [1.807, 2.05) is 48.5 Å². The van der Waals surface area contributed by atoms with Crippen molar-refractivity contribution in [3.8, 4) is 6.07 Å². The number of hydrogen-bond donors (Lipinski definition) is 2. The normalized spacial score (nSPS) is 13.4. The second-order valence-corrected chi connectivity index (χ2v) is 7.15. The summed E-state index contributed by atoms with van der Waals surface area (Å²) in [6.45, 7) is 0.393. The molecule has 0 unspecified atom stereocenters. The van der Waals surface area contributed by atoms with Crippen LogP contribution >= 0.6 is 0 Å². The van der Waals surface area contributed by atoms with Crippen LogP contribution in [0.15, 0.2) is 95.5 Å². The second kappa shape index (κ2) is 9.54. The summed E-state index contributed by atoms with van der Waals surface area (Å²) >= 11 is 0. The highest BCUT2D eigenvalue weighted by atomic mass is 16.2. The lowest BCUT2D eigenvalue weighted by Crippen LogP contribution is -2.30. The minimum Gasteiger partial charge on any atom is -0.351 e. The highest BCUT2D eigenvalue weighted by Crippen LogP contribution is 2.30. The van der Waals surface area contributed by atoms with Gasteiger partial charge in [-0.2, -0.15) is 5.26 Å². The van der Waals surface area contributed by atoms with Crippen LogP contribution in [-0.2, 0) is 11.2 Å². The number of rotatable bonds is 5. The lowest BCUT2D eigenvalue weighted by molar-refractivity contribution is -0.117. The number of hydrogen-bond acceptors (Lipinski definition) is 4. The zero-order valence-corrected chi connectivity index (χ0v) is 17.2. The Bertz CT molecular complexity index is 1260. The molecular weight excluding hydrogens is 400 g/mol. The molecule has 1 heterocycles. The highest BCUT2D eigenvalue weighted by molar-refractivity contribution is 6.20. The topological polar surface area (TPSA) is 94.3 Å². The first-order chi connectivity index (χ1) is 15.7. The molecule has 0 spiro atoms. The van der Waals surface area contributed by atoms with Crippen molar-refractivity contribution in [1.29, 1.82) is 5.26 Å². The van der Waals surface area contributed by atoms with Gasteiger partial charge in [0.05, 0.1) is 5.70 Å². The maximum Gasteiger partial charge on any atom is 0.264 e. The molecule has 6 heteroatoms. The number of nitrogens with one attached hydrogen (secondary N) is 2. The van der Waals surface area contributed by atoms with E-state index in [4.69, 9.17) is 0 Å². The summed E-state index contributed by atoms with van der Waals surface area (Å²) in [5.41, 5.74) is 3.04. The van der Waals surface area contributed by atoms with E-state index in [1.165, 1.54) is 0 Å². The fraction of sp³-hybridized carbons (Fsp3) is 0.0769. The number of nitrogens with zero attached hydrogens (tertiary/aromatic N) is 2. The first kappa shape index (κ1) is 20.8. The molecule has 3 aromatic carbocycles. The summed E-state index contributed by atoms with van der Waals surface area (Å²) in [4.78, 5) is 29.8. The molecular formula is C26H20N4O2. The zero-order valence-electron chi connectivity index (χ0n) is 17.2. The van der Waals surface area contributed by atoms with Crippen molar-refractivity contribution in [2.45, 2.75) is 6.42 Å². The van der Waals surface area contributed by atoms with Crippen molar-refractivity contribution >= 4 is 23.3 Å². The Morgan fingerprint density at radius 1 is 0.844 bits per heavy atom. The lowest BCUT2D eigenvalue weighted by Gasteiger charge is -2.06. The van der Waals surface area contributed by atoms with E-state index < -0.39 is 5.91 Å². The maximum atomic E-state index is 12.8. The van der Waals surface area contributed by atoms with Gasteiger partial charge >= 0.3 is 0 Å². The third kappa shape index (κ3) is 4.47. The first-order valence-corrected chi connectivity index (χ1v) is 10.2. The third-order valence-corrected chi connectivity index (χ3v) is 5.05. The molecule has 2 amide bonds. The van der Waals surface area contributed by atoms with Gasteiger partial charge in [0, 0.05) is 23.2 Å². The van der Waals surface area contributed by atoms with Crippen molar-refractivity contribution in [1.82, 2.24) is 10.6 Å². The molecule has 0 aromatic heterocycles. The SMILES string of the molecule is N#C/C(C(=O)NCCc1ccccc1)=C1/N=C(NC(=O)c2ccccc2)c2ccccc21. The number of benzene rings is 3. The average molecular weight is 420 g/mol. The summed E-state index contributed by atoms with van der Waals surface area (Å²) in [5, 5.41) is 15.3. The Balaban J connectivity index is 1.57. The van der Waals surface area contributed by atoms with Crippen LogP contribution in [0, 0.1) is 11.3 Å². The third-order valence-electron chi connectivity index (χ3n) is 5.05. The van der Waals surface area contributed by atoms with Gasteiger partial charge in [-0.1, -0.05) is 72.8 Å². The van der Waals surface area contributed by atoms with Gasteiger partial charge < -0.3 is 10.6 Å². The molecule has 3 aromatic rings. The summed E-state index contributed by atoms with van der Waals surface area (Å²) in [6, 6.07) is 27.8. The monoisotopic (exact) mass is 420 g/mol. The Morgan fingerprint density at radius 2 is 1.47 bits per heavy atom. The predicted octanol–water partition coefficient (Wildman–Crippen LogP) is 3.47. The number of amidine groups is 1. The number of nitriles is 1. The summed E-state index contributed by atoms with van der Waals surface area (Å²) in [5.74, 6) is -0.492. The molecule has 0 saturated carbocycles. The Kier molecular flexibility index (Phi) is 6.19. The molecule has 2 N–H and O–H groups in total. The second-order valence-electron chi connectivity index (χ2n) is 7.15. The van der Waals surface area contributed by atoms with Gasteiger partial charge in [-0.25, -0.2) is 4.99 Å². The van der Waals surface area contributed by atoms with Gasteiger partial charge in [0.2, 0.25) is 0 Å². The van der Waals surface area contributed by atoms with Crippen molar-refractivity contribution in [3.05, 3.63) is 113 Å². The van der Waals surface area contributed by atoms with Crippen LogP contribution in [0.4, 0.5) is 0 Å². The summed E-state index contributed by atoms with van der Waals surface area (Å²) < 4.78 is 0. The van der Waals surface area contributed by atoms with E-state index >= 15 is 0 Å². The molecule has 0 bridgehead atoms. The molecule has 1 aliphatic heterocycles. The fourth-order valence-corrected chi connectivity index (χ4v) is 3.45. The van der Waals surface area contributed by atoms with E-state index in [1.54, 1.807) is 42.5 Å². The van der Waals surface area contributed by atoms with Crippen LogP contribution in [0.5, 0.6) is 0 Å². The molecule has 0 fully saturated rings. The van der Waals surface area contributed by atoms with Gasteiger partial charge in [0.25, 0.3) is 11.8 Å². The minimum atomic E-state index is -0.493. The van der Waals surface area contributed by atoms with Crippen molar-refractivity contribution in [3.63, 3.8) is 0 Å². The van der Waals surface area contributed by atoms with Crippen molar-refractivity contribution in [2.24, 2.45) is 4.99 Å². The molecule has 0 radical (unpaired) electrons. The lowest BCUT2D eigenvalue weighted by atomic mass is 10.0. The van der Waals surface area contributed by atoms with Crippen LogP contribution < -0.4 is 10.6 Å². The van der Waals surface area contributed by atoms with Crippen LogP contribution in [0.1, 0.15) is 27.0 Å². The van der Waals surface area contributed by atoms with Gasteiger partial charge in [-0.15, -0.1) is 0 Å². The number of carbonyl (C=O) groups is 2. The molecule has 1 aliphatic rings. The molecule has 0 saturated heterocycles.